The third-order valence-corrected chi connectivity index (χ3v) is 5.28. The predicted octanol–water partition coefficient (Wildman–Crippen LogP) is 4.19. The fourth-order valence-electron chi connectivity index (χ4n) is 3.17. The molecule has 4 rings (SSSR count). The second-order valence-corrected chi connectivity index (χ2v) is 7.56. The van der Waals surface area contributed by atoms with Crippen LogP contribution in [0.25, 0.3) is 16.3 Å². The van der Waals surface area contributed by atoms with Crippen LogP contribution in [0.3, 0.4) is 0 Å². The molecule has 2 aromatic carbocycles. The predicted molar refractivity (Wildman–Crippen MR) is 108 cm³/mol. The molecule has 1 N–H and O–H groups in total. The van der Waals surface area contributed by atoms with Crippen molar-refractivity contribution >= 4 is 22.2 Å². The normalized spacial score (nSPS) is 11.1. The smallest absolute Gasteiger partial charge is 0.251 e. The van der Waals surface area contributed by atoms with Gasteiger partial charge in [0.2, 0.25) is 4.96 Å². The van der Waals surface area contributed by atoms with E-state index in [1.165, 1.54) is 17.4 Å². The van der Waals surface area contributed by atoms with Crippen LogP contribution in [0.5, 0.6) is 0 Å². The molecule has 7 heteroatoms. The van der Waals surface area contributed by atoms with Gasteiger partial charge in [-0.05, 0) is 38.1 Å². The average molecular weight is 394 g/mol. The highest BCUT2D eigenvalue weighted by Crippen LogP contribution is 2.23. The molecular formula is C21H19FN4OS. The van der Waals surface area contributed by atoms with E-state index in [0.29, 0.717) is 34.9 Å². The summed E-state index contributed by atoms with van der Waals surface area (Å²) in [5, 5.41) is 9.36. The first-order chi connectivity index (χ1) is 13.5. The second-order valence-electron chi connectivity index (χ2n) is 6.72. The number of aromatic nitrogens is 3. The Bertz CT molecular complexity index is 1140. The molecule has 0 fully saturated rings. The fourth-order valence-corrected chi connectivity index (χ4v) is 4.02. The number of nitrogens with one attached hydrogen (secondary N) is 1. The number of nitrogens with zero attached hydrogens (tertiary/aromatic N) is 3. The molecule has 2 heterocycles. The quantitative estimate of drug-likeness (QED) is 0.552. The average Bonchev–Trinajstić information content (AvgIpc) is 3.23. The summed E-state index contributed by atoms with van der Waals surface area (Å²) >= 11 is 1.45. The molecule has 0 aliphatic heterocycles. The molecule has 5 nitrogen and oxygen atoms in total. The number of hydrogen-bond acceptors (Lipinski definition) is 4. The van der Waals surface area contributed by atoms with E-state index in [1.807, 2.05) is 37.4 Å². The number of rotatable bonds is 5. The minimum absolute atomic E-state index is 0.0936. The minimum atomic E-state index is -0.344. The first-order valence-electron chi connectivity index (χ1n) is 8.96. The van der Waals surface area contributed by atoms with Crippen molar-refractivity contribution in [3.05, 3.63) is 76.0 Å². The maximum atomic E-state index is 14.0. The van der Waals surface area contributed by atoms with Gasteiger partial charge in [0, 0.05) is 23.9 Å². The van der Waals surface area contributed by atoms with Gasteiger partial charge in [-0.15, -0.1) is 16.4 Å². The lowest BCUT2D eigenvalue weighted by Gasteiger charge is -2.07. The number of halogens is 1. The molecule has 2 aromatic heterocycles. The van der Waals surface area contributed by atoms with Gasteiger partial charge in [-0.1, -0.05) is 29.3 Å². The SMILES string of the molecule is Cc1cc(C)cc(C(=O)NCCc2csc3nc(-c4ccccc4F)nn23)c1. The monoisotopic (exact) mass is 394 g/mol. The molecular weight excluding hydrogens is 375 g/mol. The van der Waals surface area contributed by atoms with E-state index in [2.05, 4.69) is 15.4 Å². The number of amides is 1. The molecule has 0 aliphatic carbocycles. The second kappa shape index (κ2) is 7.52. The standard InChI is InChI=1S/C21H19FN4OS/c1-13-9-14(2)11-15(10-13)20(27)23-8-7-16-12-28-21-24-19(25-26(16)21)17-5-3-4-6-18(17)22/h3-6,9-12H,7-8H2,1-2H3,(H,23,27). The molecule has 0 unspecified atom stereocenters. The third kappa shape index (κ3) is 3.66. The molecule has 0 saturated carbocycles. The van der Waals surface area contributed by atoms with E-state index in [9.17, 15) is 9.18 Å². The lowest BCUT2D eigenvalue weighted by atomic mass is 10.1. The summed E-state index contributed by atoms with van der Waals surface area (Å²) < 4.78 is 15.7. The van der Waals surface area contributed by atoms with Gasteiger partial charge < -0.3 is 5.32 Å². The molecule has 0 radical (unpaired) electrons. The van der Waals surface area contributed by atoms with Crippen LogP contribution in [-0.2, 0) is 6.42 Å². The Morgan fingerprint density at radius 2 is 1.93 bits per heavy atom. The van der Waals surface area contributed by atoms with Gasteiger partial charge in [-0.2, -0.15) is 4.98 Å². The summed E-state index contributed by atoms with van der Waals surface area (Å²) in [6.07, 6.45) is 0.608. The van der Waals surface area contributed by atoms with E-state index < -0.39 is 0 Å². The molecule has 0 saturated heterocycles. The zero-order valence-electron chi connectivity index (χ0n) is 15.6. The number of thiazole rings is 1. The van der Waals surface area contributed by atoms with Crippen molar-refractivity contribution in [1.82, 2.24) is 19.9 Å². The summed E-state index contributed by atoms with van der Waals surface area (Å²) in [5.41, 5.74) is 4.10. The van der Waals surface area contributed by atoms with Crippen molar-refractivity contribution in [3.8, 4) is 11.4 Å². The molecule has 142 valence electrons. The van der Waals surface area contributed by atoms with Crippen LogP contribution in [0.15, 0.2) is 47.8 Å². The van der Waals surface area contributed by atoms with Crippen LogP contribution < -0.4 is 5.32 Å². The Labute approximate surface area is 165 Å². The van der Waals surface area contributed by atoms with Gasteiger partial charge in [0.05, 0.1) is 11.3 Å². The fraction of sp³-hybridized carbons (Fsp3) is 0.190. The van der Waals surface area contributed by atoms with Crippen LogP contribution >= 0.6 is 11.3 Å². The van der Waals surface area contributed by atoms with E-state index in [-0.39, 0.29) is 11.7 Å². The van der Waals surface area contributed by atoms with Crippen LogP contribution in [0.2, 0.25) is 0 Å². The van der Waals surface area contributed by atoms with E-state index in [1.54, 1.807) is 22.7 Å². The van der Waals surface area contributed by atoms with Crippen molar-refractivity contribution in [3.63, 3.8) is 0 Å². The van der Waals surface area contributed by atoms with Gasteiger partial charge in [0.15, 0.2) is 5.82 Å². The first-order valence-corrected chi connectivity index (χ1v) is 9.84. The number of benzene rings is 2. The minimum Gasteiger partial charge on any atom is -0.352 e. The highest BCUT2D eigenvalue weighted by atomic mass is 32.1. The molecule has 0 spiro atoms. The van der Waals surface area contributed by atoms with Crippen LogP contribution in [0, 0.1) is 19.7 Å². The number of carbonyl (C=O) groups excluding carboxylic acids is 1. The maximum absolute atomic E-state index is 14.0. The molecule has 0 aliphatic rings. The highest BCUT2D eigenvalue weighted by molar-refractivity contribution is 7.15. The summed E-state index contributed by atoms with van der Waals surface area (Å²) in [5.74, 6) is -0.0719. The topological polar surface area (TPSA) is 59.3 Å². The maximum Gasteiger partial charge on any atom is 0.251 e. The molecule has 0 atom stereocenters. The highest BCUT2D eigenvalue weighted by Gasteiger charge is 2.14. The van der Waals surface area contributed by atoms with E-state index in [4.69, 9.17) is 0 Å². The number of carbonyl (C=O) groups is 1. The van der Waals surface area contributed by atoms with Crippen LogP contribution in [-0.4, -0.2) is 27.0 Å². The molecule has 28 heavy (non-hydrogen) atoms. The van der Waals surface area contributed by atoms with Crippen molar-refractivity contribution in [2.45, 2.75) is 20.3 Å². The molecule has 1 amide bonds. The number of fused-ring (bicyclic) bond motifs is 1. The largest absolute Gasteiger partial charge is 0.352 e. The van der Waals surface area contributed by atoms with Crippen molar-refractivity contribution in [2.24, 2.45) is 0 Å². The van der Waals surface area contributed by atoms with Crippen molar-refractivity contribution in [2.75, 3.05) is 6.54 Å². The lowest BCUT2D eigenvalue weighted by molar-refractivity contribution is 0.0954. The van der Waals surface area contributed by atoms with Gasteiger partial charge >= 0.3 is 0 Å². The van der Waals surface area contributed by atoms with Gasteiger partial charge in [-0.25, -0.2) is 8.91 Å². The Hall–Kier alpha value is -3.06. The molecule has 4 aromatic rings. The summed E-state index contributed by atoms with van der Waals surface area (Å²) in [6.45, 7) is 4.43. The number of hydrogen-bond donors (Lipinski definition) is 1. The van der Waals surface area contributed by atoms with Crippen LogP contribution in [0.1, 0.15) is 27.2 Å². The zero-order chi connectivity index (χ0) is 19.7. The Balaban J connectivity index is 1.47. The number of aryl methyl sites for hydroxylation is 2. The molecule has 0 bridgehead atoms. The Morgan fingerprint density at radius 3 is 2.68 bits per heavy atom. The Morgan fingerprint density at radius 1 is 1.18 bits per heavy atom. The zero-order valence-corrected chi connectivity index (χ0v) is 16.4. The summed E-state index contributed by atoms with van der Waals surface area (Å²) in [6, 6.07) is 12.3. The van der Waals surface area contributed by atoms with Crippen molar-refractivity contribution < 1.29 is 9.18 Å². The summed E-state index contributed by atoms with van der Waals surface area (Å²) in [7, 11) is 0. The first kappa shape index (κ1) is 18.3. The summed E-state index contributed by atoms with van der Waals surface area (Å²) in [4.78, 5) is 17.5. The lowest BCUT2D eigenvalue weighted by Crippen LogP contribution is -2.26. The van der Waals surface area contributed by atoms with Gasteiger partial charge in [0.25, 0.3) is 5.91 Å². The third-order valence-electron chi connectivity index (χ3n) is 4.42. The van der Waals surface area contributed by atoms with E-state index >= 15 is 0 Å². The van der Waals surface area contributed by atoms with Gasteiger partial charge in [0.1, 0.15) is 5.82 Å². The van der Waals surface area contributed by atoms with E-state index in [0.717, 1.165) is 16.8 Å². The van der Waals surface area contributed by atoms with Gasteiger partial charge in [-0.3, -0.25) is 4.79 Å². The Kier molecular flexibility index (Phi) is 4.92. The van der Waals surface area contributed by atoms with Crippen molar-refractivity contribution in [1.29, 1.82) is 0 Å². The van der Waals surface area contributed by atoms with Crippen LogP contribution in [0.4, 0.5) is 4.39 Å².